The fourth-order valence-electron chi connectivity index (χ4n) is 4.58. The Morgan fingerprint density at radius 1 is 0.724 bits per heavy atom. The molecule has 0 bridgehead atoms. The van der Waals surface area contributed by atoms with Crippen molar-refractivity contribution in [3.05, 3.63) is 89.5 Å². The molecule has 0 radical (unpaired) electrons. The lowest BCUT2D eigenvalue weighted by Gasteiger charge is -2.38. The number of hydrogen-bond donors (Lipinski definition) is 0. The minimum absolute atomic E-state index is 0.201. The molecule has 3 aromatic rings. The lowest BCUT2D eigenvalue weighted by molar-refractivity contribution is 0.158. The Morgan fingerprint density at radius 2 is 1.24 bits per heavy atom. The zero-order chi connectivity index (χ0) is 20.0. The summed E-state index contributed by atoms with van der Waals surface area (Å²) in [5.74, 6) is 0. The van der Waals surface area contributed by atoms with Crippen LogP contribution in [-0.2, 0) is 10.0 Å². The molecule has 4 nitrogen and oxygen atoms in total. The van der Waals surface area contributed by atoms with E-state index in [1.54, 1.807) is 16.4 Å². The molecule has 29 heavy (non-hydrogen) atoms. The summed E-state index contributed by atoms with van der Waals surface area (Å²) in [6.45, 7) is 4.43. The van der Waals surface area contributed by atoms with Crippen LogP contribution < -0.4 is 0 Å². The van der Waals surface area contributed by atoms with Crippen molar-refractivity contribution in [2.75, 3.05) is 26.2 Å². The van der Waals surface area contributed by atoms with Gasteiger partial charge in [-0.15, -0.1) is 0 Å². The molecule has 0 N–H and O–H groups in total. The molecule has 0 aromatic heterocycles. The molecule has 1 saturated heterocycles. The fourth-order valence-corrected chi connectivity index (χ4v) is 6.01. The smallest absolute Gasteiger partial charge is 0.243 e. The Hall–Kier alpha value is -2.47. The molecule has 1 fully saturated rings. The number of piperazine rings is 1. The molecule has 1 aliphatic carbocycles. The average molecular weight is 405 g/mol. The van der Waals surface area contributed by atoms with Gasteiger partial charge >= 0.3 is 0 Å². The van der Waals surface area contributed by atoms with Gasteiger partial charge in [-0.2, -0.15) is 4.31 Å². The summed E-state index contributed by atoms with van der Waals surface area (Å²) in [6.07, 6.45) is 0. The quantitative estimate of drug-likeness (QED) is 0.661. The largest absolute Gasteiger partial charge is 0.290 e. The van der Waals surface area contributed by atoms with E-state index in [0.717, 1.165) is 18.7 Å². The first-order valence-electron chi connectivity index (χ1n) is 10.0. The van der Waals surface area contributed by atoms with E-state index in [-0.39, 0.29) is 6.04 Å². The SMILES string of the molecule is Cc1ccc(S(=O)(=O)N2CCN(C3c4ccccc4-c4ccccc43)CC2)cc1. The Morgan fingerprint density at radius 3 is 1.79 bits per heavy atom. The van der Waals surface area contributed by atoms with Gasteiger partial charge in [-0.1, -0.05) is 66.2 Å². The van der Waals surface area contributed by atoms with Crippen LogP contribution in [0.25, 0.3) is 11.1 Å². The predicted molar refractivity (Wildman–Crippen MR) is 115 cm³/mol. The van der Waals surface area contributed by atoms with Crippen LogP contribution in [0.3, 0.4) is 0 Å². The number of hydrogen-bond acceptors (Lipinski definition) is 3. The molecular formula is C24H24N2O2S. The molecule has 0 atom stereocenters. The molecule has 1 aliphatic heterocycles. The first-order chi connectivity index (χ1) is 14.1. The van der Waals surface area contributed by atoms with Crippen LogP contribution in [0.1, 0.15) is 22.7 Å². The van der Waals surface area contributed by atoms with Crippen molar-refractivity contribution in [2.24, 2.45) is 0 Å². The fraction of sp³-hybridized carbons (Fsp3) is 0.250. The van der Waals surface area contributed by atoms with Crippen LogP contribution in [0.2, 0.25) is 0 Å². The highest BCUT2D eigenvalue weighted by atomic mass is 32.2. The van der Waals surface area contributed by atoms with Gasteiger partial charge in [-0.25, -0.2) is 8.42 Å². The standard InChI is InChI=1S/C24H24N2O2S/c1-18-10-12-19(13-11-18)29(27,28)26-16-14-25(15-17-26)24-22-8-4-2-6-20(22)21-7-3-5-9-23(21)24/h2-13,24H,14-17H2,1H3. The molecule has 0 spiro atoms. The number of benzene rings is 3. The van der Waals surface area contributed by atoms with E-state index in [1.807, 2.05) is 19.1 Å². The minimum atomic E-state index is -3.44. The highest BCUT2D eigenvalue weighted by molar-refractivity contribution is 7.89. The van der Waals surface area contributed by atoms with Gasteiger partial charge < -0.3 is 0 Å². The maximum atomic E-state index is 13.0. The summed E-state index contributed by atoms with van der Waals surface area (Å²) < 4.78 is 27.7. The van der Waals surface area contributed by atoms with Gasteiger partial charge in [0.25, 0.3) is 0 Å². The minimum Gasteiger partial charge on any atom is -0.290 e. The lowest BCUT2D eigenvalue weighted by atomic mass is 10.0. The van der Waals surface area contributed by atoms with Crippen LogP contribution in [-0.4, -0.2) is 43.8 Å². The highest BCUT2D eigenvalue weighted by Crippen LogP contribution is 2.46. The molecule has 0 unspecified atom stereocenters. The van der Waals surface area contributed by atoms with Gasteiger partial charge in [0.1, 0.15) is 0 Å². The van der Waals surface area contributed by atoms with Crippen molar-refractivity contribution in [1.82, 2.24) is 9.21 Å². The van der Waals surface area contributed by atoms with Gasteiger partial charge in [0.05, 0.1) is 10.9 Å². The summed E-state index contributed by atoms with van der Waals surface area (Å²) >= 11 is 0. The molecule has 1 heterocycles. The first-order valence-corrected chi connectivity index (χ1v) is 11.5. The number of nitrogens with zero attached hydrogens (tertiary/aromatic N) is 2. The zero-order valence-electron chi connectivity index (χ0n) is 16.5. The van der Waals surface area contributed by atoms with Crippen molar-refractivity contribution in [3.63, 3.8) is 0 Å². The molecule has 5 heteroatoms. The molecule has 3 aromatic carbocycles. The third-order valence-corrected chi connectivity index (χ3v) is 8.01. The van der Waals surface area contributed by atoms with Gasteiger partial charge in [-0.3, -0.25) is 4.90 Å². The van der Waals surface area contributed by atoms with Crippen molar-refractivity contribution < 1.29 is 8.42 Å². The molecule has 2 aliphatic rings. The lowest BCUT2D eigenvalue weighted by Crippen LogP contribution is -2.49. The van der Waals surface area contributed by atoms with Crippen LogP contribution >= 0.6 is 0 Å². The summed E-state index contributed by atoms with van der Waals surface area (Å²) in [4.78, 5) is 2.80. The monoisotopic (exact) mass is 404 g/mol. The third-order valence-electron chi connectivity index (χ3n) is 6.10. The molecular weight excluding hydrogens is 380 g/mol. The maximum Gasteiger partial charge on any atom is 0.243 e. The summed E-state index contributed by atoms with van der Waals surface area (Å²) in [5, 5.41) is 0. The maximum absolute atomic E-state index is 13.0. The van der Waals surface area contributed by atoms with Gasteiger partial charge in [0, 0.05) is 26.2 Å². The van der Waals surface area contributed by atoms with Crippen LogP contribution in [0.5, 0.6) is 0 Å². The summed E-state index contributed by atoms with van der Waals surface area (Å²) in [6, 6.07) is 24.5. The molecule has 0 saturated carbocycles. The Balaban J connectivity index is 1.39. The number of aryl methyl sites for hydroxylation is 1. The molecule has 148 valence electrons. The van der Waals surface area contributed by atoms with E-state index in [4.69, 9.17) is 0 Å². The number of sulfonamides is 1. The second kappa shape index (κ2) is 7.10. The second-order valence-corrected chi connectivity index (χ2v) is 9.77. The van der Waals surface area contributed by atoms with Crippen molar-refractivity contribution >= 4 is 10.0 Å². The van der Waals surface area contributed by atoms with Gasteiger partial charge in [-0.05, 0) is 41.3 Å². The van der Waals surface area contributed by atoms with Crippen molar-refractivity contribution in [2.45, 2.75) is 17.9 Å². The topological polar surface area (TPSA) is 40.6 Å². The van der Waals surface area contributed by atoms with Crippen LogP contribution in [0.4, 0.5) is 0 Å². The Kier molecular flexibility index (Phi) is 4.54. The van der Waals surface area contributed by atoms with Gasteiger partial charge in [0.2, 0.25) is 10.0 Å². The second-order valence-electron chi connectivity index (χ2n) is 7.83. The Labute approximate surface area is 172 Å². The van der Waals surface area contributed by atoms with E-state index in [9.17, 15) is 8.42 Å². The predicted octanol–water partition coefficient (Wildman–Crippen LogP) is 4.07. The third kappa shape index (κ3) is 3.10. The van der Waals surface area contributed by atoms with Crippen molar-refractivity contribution in [3.8, 4) is 11.1 Å². The normalized spacial score (nSPS) is 17.8. The van der Waals surface area contributed by atoms with Crippen LogP contribution in [0, 0.1) is 6.92 Å². The van der Waals surface area contributed by atoms with Gasteiger partial charge in [0.15, 0.2) is 0 Å². The first kappa shape index (κ1) is 18.6. The Bertz CT molecular complexity index is 1100. The highest BCUT2D eigenvalue weighted by Gasteiger charge is 2.36. The van der Waals surface area contributed by atoms with E-state index < -0.39 is 10.0 Å². The van der Waals surface area contributed by atoms with E-state index in [0.29, 0.717) is 18.0 Å². The zero-order valence-corrected chi connectivity index (χ0v) is 17.3. The van der Waals surface area contributed by atoms with Crippen molar-refractivity contribution in [1.29, 1.82) is 0 Å². The molecule has 0 amide bonds. The summed E-state index contributed by atoms with van der Waals surface area (Å²) in [7, 11) is -3.44. The van der Waals surface area contributed by atoms with E-state index >= 15 is 0 Å². The average Bonchev–Trinajstić information content (AvgIpc) is 3.09. The molecule has 5 rings (SSSR count). The van der Waals surface area contributed by atoms with E-state index in [2.05, 4.69) is 53.4 Å². The number of rotatable bonds is 3. The van der Waals surface area contributed by atoms with E-state index in [1.165, 1.54) is 22.3 Å². The summed E-state index contributed by atoms with van der Waals surface area (Å²) in [5.41, 5.74) is 6.30. The number of fused-ring (bicyclic) bond motifs is 3. The van der Waals surface area contributed by atoms with Crippen LogP contribution in [0.15, 0.2) is 77.7 Å².